The topological polar surface area (TPSA) is 34.1 Å². The normalized spacial score (nSPS) is 10.3. The Balaban J connectivity index is 2.12. The maximum Gasteiger partial charge on any atom is 0.147 e. The van der Waals surface area contributed by atoms with Crippen molar-refractivity contribution in [2.24, 2.45) is 0 Å². The lowest BCUT2D eigenvalue weighted by Crippen LogP contribution is -2.01. The molecule has 0 aliphatic rings. The number of nitrogens with one attached hydrogen (secondary N) is 1. The fourth-order valence-electron chi connectivity index (χ4n) is 1.61. The van der Waals surface area contributed by atoms with Crippen LogP contribution in [0.4, 0.5) is 5.82 Å². The highest BCUT2D eigenvalue weighted by Gasteiger charge is 2.07. The summed E-state index contributed by atoms with van der Waals surface area (Å²) >= 11 is 12.8. The molecule has 19 heavy (non-hydrogen) atoms. The smallest absolute Gasteiger partial charge is 0.147 e. The minimum absolute atomic E-state index is 0.474. The number of rotatable bonds is 4. The van der Waals surface area contributed by atoms with Crippen molar-refractivity contribution in [1.82, 2.24) is 4.98 Å². The van der Waals surface area contributed by atoms with Gasteiger partial charge in [0, 0.05) is 6.54 Å². The number of pyridine rings is 1. The van der Waals surface area contributed by atoms with Gasteiger partial charge in [-0.15, -0.1) is 0 Å². The van der Waals surface area contributed by atoms with Gasteiger partial charge in [0.25, 0.3) is 0 Å². The Kier molecular flexibility index (Phi) is 5.07. The second-order valence-electron chi connectivity index (χ2n) is 3.79. The van der Waals surface area contributed by atoms with E-state index in [4.69, 9.17) is 16.3 Å². The van der Waals surface area contributed by atoms with Crippen molar-refractivity contribution in [1.29, 1.82) is 0 Å². The van der Waals surface area contributed by atoms with Gasteiger partial charge in [-0.3, -0.25) is 0 Å². The Morgan fingerprint density at radius 2 is 1.95 bits per heavy atom. The molecule has 0 spiro atoms. The van der Waals surface area contributed by atoms with Crippen LogP contribution in [0.25, 0.3) is 0 Å². The van der Waals surface area contributed by atoms with Crippen molar-refractivity contribution < 1.29 is 4.74 Å². The summed E-state index contributed by atoms with van der Waals surface area (Å²) in [7, 11) is 1.64. The Bertz CT molecular complexity index is 570. The van der Waals surface area contributed by atoms with Crippen LogP contribution in [0, 0.1) is 0 Å². The van der Waals surface area contributed by atoms with Gasteiger partial charge < -0.3 is 10.1 Å². The predicted molar refractivity (Wildman–Crippen MR) is 85.0 cm³/mol. The third-order valence-corrected chi connectivity index (χ3v) is 3.84. The Labute approximate surface area is 133 Å². The molecule has 0 aliphatic carbocycles. The van der Waals surface area contributed by atoms with E-state index in [1.165, 1.54) is 0 Å². The highest BCUT2D eigenvalue weighted by molar-refractivity contribution is 9.11. The van der Waals surface area contributed by atoms with Crippen LogP contribution < -0.4 is 10.1 Å². The van der Waals surface area contributed by atoms with Crippen molar-refractivity contribution in [2.45, 2.75) is 6.54 Å². The number of anilines is 1. The van der Waals surface area contributed by atoms with Gasteiger partial charge in [0.05, 0.1) is 16.1 Å². The van der Waals surface area contributed by atoms with E-state index < -0.39 is 0 Å². The van der Waals surface area contributed by atoms with E-state index in [0.717, 1.165) is 26.1 Å². The molecular formula is C13H11Br2ClN2O. The largest absolute Gasteiger partial charge is 0.494 e. The van der Waals surface area contributed by atoms with Gasteiger partial charge in [-0.1, -0.05) is 17.7 Å². The molecule has 1 aromatic heterocycles. The predicted octanol–water partition coefficient (Wildman–Crippen LogP) is 4.88. The molecule has 0 atom stereocenters. The van der Waals surface area contributed by atoms with Gasteiger partial charge in [0.15, 0.2) is 0 Å². The summed E-state index contributed by atoms with van der Waals surface area (Å²) in [4.78, 5) is 4.17. The third kappa shape index (κ3) is 3.84. The monoisotopic (exact) mass is 404 g/mol. The third-order valence-electron chi connectivity index (χ3n) is 2.45. The molecular weight excluding hydrogens is 395 g/mol. The maximum atomic E-state index is 5.83. The van der Waals surface area contributed by atoms with Crippen molar-refractivity contribution in [3.05, 3.63) is 50.0 Å². The van der Waals surface area contributed by atoms with Crippen LogP contribution in [0.2, 0.25) is 5.15 Å². The summed E-state index contributed by atoms with van der Waals surface area (Å²) in [5.41, 5.74) is 1.10. The molecule has 1 heterocycles. The highest BCUT2D eigenvalue weighted by atomic mass is 79.9. The SMILES string of the molecule is COc1c(Br)cc(CNc2cccc(Cl)n2)cc1Br. The van der Waals surface area contributed by atoms with Gasteiger partial charge >= 0.3 is 0 Å². The van der Waals surface area contributed by atoms with Crippen LogP contribution in [0.5, 0.6) is 5.75 Å². The van der Waals surface area contributed by atoms with Crippen LogP contribution in [-0.4, -0.2) is 12.1 Å². The molecule has 3 nitrogen and oxygen atoms in total. The summed E-state index contributed by atoms with van der Waals surface area (Å²) in [6.07, 6.45) is 0. The van der Waals surface area contributed by atoms with E-state index in [1.807, 2.05) is 24.3 Å². The average Bonchev–Trinajstić information content (AvgIpc) is 2.36. The minimum Gasteiger partial charge on any atom is -0.494 e. The molecule has 2 rings (SSSR count). The second-order valence-corrected chi connectivity index (χ2v) is 5.89. The van der Waals surface area contributed by atoms with Crippen molar-refractivity contribution in [3.8, 4) is 5.75 Å². The van der Waals surface area contributed by atoms with E-state index in [2.05, 4.69) is 42.2 Å². The van der Waals surface area contributed by atoms with E-state index >= 15 is 0 Å². The van der Waals surface area contributed by atoms with Crippen LogP contribution >= 0.6 is 43.5 Å². The zero-order valence-corrected chi connectivity index (χ0v) is 14.0. The molecule has 0 saturated heterocycles. The number of ether oxygens (including phenoxy) is 1. The summed E-state index contributed by atoms with van der Waals surface area (Å²) in [6, 6.07) is 9.48. The Morgan fingerprint density at radius 1 is 1.26 bits per heavy atom. The fourth-order valence-corrected chi connectivity index (χ4v) is 3.38. The van der Waals surface area contributed by atoms with E-state index in [-0.39, 0.29) is 0 Å². The van der Waals surface area contributed by atoms with Gasteiger partial charge in [-0.05, 0) is 61.7 Å². The Morgan fingerprint density at radius 3 is 2.53 bits per heavy atom. The average molecular weight is 407 g/mol. The number of hydrogen-bond donors (Lipinski definition) is 1. The molecule has 0 unspecified atom stereocenters. The standard InChI is InChI=1S/C13H11Br2ClN2O/c1-19-13-9(14)5-8(6-10(13)15)7-17-12-4-2-3-11(16)18-12/h2-6H,7H2,1H3,(H,17,18). The number of methoxy groups -OCH3 is 1. The maximum absolute atomic E-state index is 5.83. The zero-order chi connectivity index (χ0) is 13.8. The van der Waals surface area contributed by atoms with Gasteiger partial charge in [0.1, 0.15) is 16.7 Å². The molecule has 0 fully saturated rings. The van der Waals surface area contributed by atoms with Gasteiger partial charge in [0.2, 0.25) is 0 Å². The van der Waals surface area contributed by atoms with Crippen molar-refractivity contribution in [2.75, 3.05) is 12.4 Å². The van der Waals surface area contributed by atoms with Crippen molar-refractivity contribution in [3.63, 3.8) is 0 Å². The summed E-state index contributed by atoms with van der Waals surface area (Å²) in [6.45, 7) is 0.647. The summed E-state index contributed by atoms with van der Waals surface area (Å²) in [5, 5.41) is 3.69. The molecule has 1 N–H and O–H groups in total. The molecule has 0 bridgehead atoms. The number of nitrogens with zero attached hydrogens (tertiary/aromatic N) is 1. The minimum atomic E-state index is 0.474. The van der Waals surface area contributed by atoms with Crippen LogP contribution in [0.3, 0.4) is 0 Å². The highest BCUT2D eigenvalue weighted by Crippen LogP contribution is 2.34. The molecule has 0 radical (unpaired) electrons. The first kappa shape index (κ1) is 14.6. The number of hydrogen-bond acceptors (Lipinski definition) is 3. The lowest BCUT2D eigenvalue weighted by Gasteiger charge is -2.10. The van der Waals surface area contributed by atoms with E-state index in [1.54, 1.807) is 13.2 Å². The second kappa shape index (κ2) is 6.59. The van der Waals surface area contributed by atoms with E-state index in [0.29, 0.717) is 11.7 Å². The van der Waals surface area contributed by atoms with Gasteiger partial charge in [-0.2, -0.15) is 0 Å². The zero-order valence-electron chi connectivity index (χ0n) is 10.1. The number of aromatic nitrogens is 1. The van der Waals surface area contributed by atoms with Crippen LogP contribution in [-0.2, 0) is 6.54 Å². The fraction of sp³-hybridized carbons (Fsp3) is 0.154. The van der Waals surface area contributed by atoms with Crippen LogP contribution in [0.1, 0.15) is 5.56 Å². The Hall–Kier alpha value is -0.780. The molecule has 6 heteroatoms. The van der Waals surface area contributed by atoms with E-state index in [9.17, 15) is 0 Å². The first-order valence-corrected chi connectivity index (χ1v) is 7.45. The van der Waals surface area contributed by atoms with Crippen LogP contribution in [0.15, 0.2) is 39.3 Å². The first-order valence-electron chi connectivity index (χ1n) is 5.48. The molecule has 0 aliphatic heterocycles. The lowest BCUT2D eigenvalue weighted by molar-refractivity contribution is 0.409. The molecule has 100 valence electrons. The number of halogens is 3. The molecule has 1 aromatic carbocycles. The summed E-state index contributed by atoms with van der Waals surface area (Å²) < 4.78 is 7.07. The quantitative estimate of drug-likeness (QED) is 0.735. The molecule has 0 amide bonds. The summed E-state index contributed by atoms with van der Waals surface area (Å²) in [5.74, 6) is 1.53. The molecule has 2 aromatic rings. The lowest BCUT2D eigenvalue weighted by atomic mass is 10.2. The first-order chi connectivity index (χ1) is 9.10. The number of benzene rings is 1. The van der Waals surface area contributed by atoms with Gasteiger partial charge in [-0.25, -0.2) is 4.98 Å². The molecule has 0 saturated carbocycles. The van der Waals surface area contributed by atoms with Crippen molar-refractivity contribution >= 4 is 49.3 Å².